The van der Waals surface area contributed by atoms with Crippen molar-refractivity contribution in [2.75, 3.05) is 0 Å². The molecule has 222 valence electrons. The Morgan fingerprint density at radius 1 is 0.421 bits per heavy atom. The zero-order valence-electron chi connectivity index (χ0n) is 25.3. The molecule has 0 amide bonds. The van der Waals surface area contributed by atoms with Crippen LogP contribution in [0.15, 0.2) is 0 Å². The maximum Gasteiger partial charge on any atom is 0.123 e. The van der Waals surface area contributed by atoms with Gasteiger partial charge in [0.15, 0.2) is 0 Å². The van der Waals surface area contributed by atoms with Gasteiger partial charge in [-0.15, -0.1) is 0 Å². The molecule has 6 atom stereocenters. The Morgan fingerprint density at radius 3 is 0.974 bits per heavy atom. The number of carbonyl (C=O) groups excluding carboxylic acids is 6. The van der Waals surface area contributed by atoms with Crippen LogP contribution < -0.4 is 0 Å². The first kappa shape index (κ1) is 40.5. The third-order valence-electron chi connectivity index (χ3n) is 7.62. The molecule has 0 saturated carbocycles. The minimum absolute atomic E-state index is 0.148. The van der Waals surface area contributed by atoms with Crippen molar-refractivity contribution in [2.45, 2.75) is 131 Å². The topological polar surface area (TPSA) is 102 Å². The van der Waals surface area contributed by atoms with Crippen molar-refractivity contribution in [3.8, 4) is 0 Å². The molecule has 6 unspecified atom stereocenters. The second-order valence-corrected chi connectivity index (χ2v) is 10.3. The number of aldehydes is 6. The van der Waals surface area contributed by atoms with Crippen LogP contribution in [-0.4, -0.2) is 37.7 Å². The molecule has 38 heavy (non-hydrogen) atoms. The van der Waals surface area contributed by atoms with Crippen molar-refractivity contribution in [3.05, 3.63) is 0 Å². The van der Waals surface area contributed by atoms with Gasteiger partial charge in [0.2, 0.25) is 0 Å². The van der Waals surface area contributed by atoms with Crippen LogP contribution in [0.5, 0.6) is 0 Å². The zero-order chi connectivity index (χ0) is 29.6. The highest BCUT2D eigenvalue weighted by Gasteiger charge is 2.13. The molecule has 0 bridgehead atoms. The molecular weight excluding hydrogens is 480 g/mol. The maximum atomic E-state index is 10.5. The highest BCUT2D eigenvalue weighted by Crippen LogP contribution is 2.22. The molecule has 0 aliphatic carbocycles. The third-order valence-corrected chi connectivity index (χ3v) is 7.62. The summed E-state index contributed by atoms with van der Waals surface area (Å²) in [5.74, 6) is 1.89. The number of rotatable bonds is 23. The number of hydrogen-bond acceptors (Lipinski definition) is 6. The molecule has 0 aromatic rings. The van der Waals surface area contributed by atoms with E-state index in [4.69, 9.17) is 0 Å². The quantitative estimate of drug-likeness (QED) is 0.125. The lowest BCUT2D eigenvalue weighted by molar-refractivity contribution is -0.113. The smallest absolute Gasteiger partial charge is 0.123 e. The average Bonchev–Trinajstić information content (AvgIpc) is 2.95. The first-order valence-electron chi connectivity index (χ1n) is 15.0. The SMILES string of the molecule is CCC(C=O)CC(CC)CC=O.CCC(C=O)CCCC(C=O)CC.CCC(CC=O)CC(CC)CC=O. The van der Waals surface area contributed by atoms with E-state index in [0.717, 1.165) is 108 Å². The van der Waals surface area contributed by atoms with E-state index >= 15 is 0 Å². The lowest BCUT2D eigenvalue weighted by Crippen LogP contribution is -2.09. The molecular formula is C32H58O6. The molecule has 0 fully saturated rings. The molecule has 6 heteroatoms. The molecule has 0 heterocycles. The second-order valence-electron chi connectivity index (χ2n) is 10.3. The third kappa shape index (κ3) is 24.4. The summed E-state index contributed by atoms with van der Waals surface area (Å²) < 4.78 is 0. The fraction of sp³-hybridized carbons (Fsp3) is 0.812. The molecule has 0 N–H and O–H groups in total. The van der Waals surface area contributed by atoms with E-state index in [9.17, 15) is 28.8 Å². The second kappa shape index (κ2) is 31.2. The Hall–Kier alpha value is -1.98. The van der Waals surface area contributed by atoms with Gasteiger partial charge >= 0.3 is 0 Å². The van der Waals surface area contributed by atoms with Gasteiger partial charge in [0.05, 0.1) is 0 Å². The van der Waals surface area contributed by atoms with E-state index in [1.54, 1.807) is 0 Å². The Balaban J connectivity index is -0.000000484. The van der Waals surface area contributed by atoms with Crippen molar-refractivity contribution >= 4 is 37.7 Å². The van der Waals surface area contributed by atoms with Crippen LogP contribution in [-0.2, 0) is 28.8 Å². The van der Waals surface area contributed by atoms with Crippen molar-refractivity contribution in [1.82, 2.24) is 0 Å². The van der Waals surface area contributed by atoms with Crippen molar-refractivity contribution in [3.63, 3.8) is 0 Å². The van der Waals surface area contributed by atoms with E-state index in [0.29, 0.717) is 37.0 Å². The maximum absolute atomic E-state index is 10.5. The summed E-state index contributed by atoms with van der Waals surface area (Å²) in [5, 5.41) is 0. The highest BCUT2D eigenvalue weighted by molar-refractivity contribution is 5.54. The number of carbonyl (C=O) groups is 6. The van der Waals surface area contributed by atoms with Gasteiger partial charge in [0, 0.05) is 37.0 Å². The van der Waals surface area contributed by atoms with Crippen LogP contribution >= 0.6 is 0 Å². The van der Waals surface area contributed by atoms with E-state index < -0.39 is 0 Å². The Labute approximate surface area is 233 Å². The highest BCUT2D eigenvalue weighted by atomic mass is 16.1. The Kier molecular flexibility index (Phi) is 33.3. The van der Waals surface area contributed by atoms with Crippen molar-refractivity contribution in [1.29, 1.82) is 0 Å². The zero-order valence-corrected chi connectivity index (χ0v) is 25.3. The summed E-state index contributed by atoms with van der Waals surface area (Å²) in [7, 11) is 0. The van der Waals surface area contributed by atoms with Gasteiger partial charge in [-0.05, 0) is 62.7 Å². The van der Waals surface area contributed by atoms with Crippen LogP contribution in [0, 0.1) is 35.5 Å². The van der Waals surface area contributed by atoms with Gasteiger partial charge in [-0.25, -0.2) is 0 Å². The summed E-state index contributed by atoms with van der Waals surface area (Å²) in [6.07, 6.45) is 18.4. The fourth-order valence-corrected chi connectivity index (χ4v) is 4.29. The Morgan fingerprint density at radius 2 is 0.737 bits per heavy atom. The van der Waals surface area contributed by atoms with Gasteiger partial charge in [0.1, 0.15) is 37.7 Å². The summed E-state index contributed by atoms with van der Waals surface area (Å²) in [6, 6.07) is 0. The molecule has 0 radical (unpaired) electrons. The van der Waals surface area contributed by atoms with Gasteiger partial charge < -0.3 is 28.8 Å². The summed E-state index contributed by atoms with van der Waals surface area (Å²) in [4.78, 5) is 62.4. The van der Waals surface area contributed by atoms with E-state index in [-0.39, 0.29) is 17.8 Å². The predicted octanol–water partition coefficient (Wildman–Crippen LogP) is 7.43. The van der Waals surface area contributed by atoms with E-state index in [1.807, 2.05) is 20.8 Å². The van der Waals surface area contributed by atoms with Gasteiger partial charge in [-0.1, -0.05) is 67.2 Å². The minimum Gasteiger partial charge on any atom is -0.303 e. The summed E-state index contributed by atoms with van der Waals surface area (Å²) in [6.45, 7) is 12.3. The van der Waals surface area contributed by atoms with Crippen molar-refractivity contribution < 1.29 is 28.8 Å². The van der Waals surface area contributed by atoms with Crippen LogP contribution in [0.1, 0.15) is 131 Å². The molecule has 0 aromatic heterocycles. The van der Waals surface area contributed by atoms with E-state index in [2.05, 4.69) is 20.8 Å². The van der Waals surface area contributed by atoms with Crippen LogP contribution in [0.25, 0.3) is 0 Å². The van der Waals surface area contributed by atoms with Gasteiger partial charge in [-0.2, -0.15) is 0 Å². The molecule has 6 nitrogen and oxygen atoms in total. The molecule has 0 spiro atoms. The van der Waals surface area contributed by atoms with Crippen molar-refractivity contribution in [2.24, 2.45) is 35.5 Å². The van der Waals surface area contributed by atoms with Crippen LogP contribution in [0.2, 0.25) is 0 Å². The lowest BCUT2D eigenvalue weighted by atomic mass is 9.87. The average molecular weight is 539 g/mol. The predicted molar refractivity (Wildman–Crippen MR) is 156 cm³/mol. The Bertz CT molecular complexity index is 544. The summed E-state index contributed by atoms with van der Waals surface area (Å²) >= 11 is 0. The molecule has 0 aromatic carbocycles. The first-order chi connectivity index (χ1) is 18.3. The molecule has 0 aliphatic heterocycles. The normalized spacial score (nSPS) is 15.0. The molecule has 0 saturated heterocycles. The standard InChI is InChI=1S/2C11H20O2.C10H18O2/c1-3-10(5-7-12)9-11(4-2)6-8-13;1-3-10(8-12)6-5-7-11(4-2)9-13;1-3-9(5-6-11)7-10(4-2)8-12/h7-8,10-11H,3-6,9H2,1-2H3;8-11H,3-7H2,1-2H3;6,8-10H,3-5,7H2,1-2H3. The summed E-state index contributed by atoms with van der Waals surface area (Å²) in [5.41, 5.74) is 0. The largest absolute Gasteiger partial charge is 0.303 e. The van der Waals surface area contributed by atoms with Crippen LogP contribution in [0.4, 0.5) is 0 Å². The van der Waals surface area contributed by atoms with Gasteiger partial charge in [-0.3, -0.25) is 0 Å². The fourth-order valence-electron chi connectivity index (χ4n) is 4.29. The van der Waals surface area contributed by atoms with E-state index in [1.165, 1.54) is 0 Å². The minimum atomic E-state index is 0.148. The molecule has 0 aliphatic rings. The lowest BCUT2D eigenvalue weighted by Gasteiger charge is -2.17. The monoisotopic (exact) mass is 538 g/mol. The number of hydrogen-bond donors (Lipinski definition) is 0. The molecule has 0 rings (SSSR count). The first-order valence-corrected chi connectivity index (χ1v) is 15.0. The van der Waals surface area contributed by atoms with Crippen LogP contribution in [0.3, 0.4) is 0 Å². The van der Waals surface area contributed by atoms with Gasteiger partial charge in [0.25, 0.3) is 0 Å².